The third kappa shape index (κ3) is 2.29. The lowest BCUT2D eigenvalue weighted by molar-refractivity contribution is 0.407. The van der Waals surface area contributed by atoms with Gasteiger partial charge in [0.05, 0.1) is 12.7 Å². The van der Waals surface area contributed by atoms with Gasteiger partial charge >= 0.3 is 0 Å². The molecule has 1 heterocycles. The maximum Gasteiger partial charge on any atom is 0.0851 e. The molecule has 1 unspecified atom stereocenters. The molecule has 0 bridgehead atoms. The molecule has 1 aromatic carbocycles. The van der Waals surface area contributed by atoms with Gasteiger partial charge in [-0.2, -0.15) is 0 Å². The molecular formula is C9H7Cl3O. The molecule has 1 aliphatic heterocycles. The summed E-state index contributed by atoms with van der Waals surface area (Å²) >= 11 is 17.7. The van der Waals surface area contributed by atoms with E-state index < -0.39 is 0 Å². The molecule has 1 saturated heterocycles. The van der Waals surface area contributed by atoms with Gasteiger partial charge in [0.1, 0.15) is 0 Å². The Kier molecular flexibility index (Phi) is 2.70. The monoisotopic (exact) mass is 236 g/mol. The second kappa shape index (κ2) is 3.66. The second-order valence-electron chi connectivity index (χ2n) is 3.01. The zero-order valence-electron chi connectivity index (χ0n) is 6.69. The first-order valence-electron chi connectivity index (χ1n) is 3.92. The maximum absolute atomic E-state index is 5.98. The van der Waals surface area contributed by atoms with Crippen LogP contribution in [-0.4, -0.2) is 12.7 Å². The zero-order valence-corrected chi connectivity index (χ0v) is 8.96. The van der Waals surface area contributed by atoms with Crippen LogP contribution in [0.15, 0.2) is 12.1 Å². The predicted octanol–water partition coefficient (Wildman–Crippen LogP) is 3.59. The van der Waals surface area contributed by atoms with Crippen LogP contribution in [0.25, 0.3) is 0 Å². The van der Waals surface area contributed by atoms with Crippen molar-refractivity contribution in [1.29, 1.82) is 0 Å². The molecule has 0 radical (unpaired) electrons. The molecule has 2 rings (SSSR count). The highest BCUT2D eigenvalue weighted by Gasteiger charge is 2.25. The first-order valence-corrected chi connectivity index (χ1v) is 5.05. The van der Waals surface area contributed by atoms with Gasteiger partial charge in [0.2, 0.25) is 0 Å². The van der Waals surface area contributed by atoms with E-state index in [0.717, 1.165) is 18.6 Å². The quantitative estimate of drug-likeness (QED) is 0.716. The molecule has 0 amide bonds. The number of ether oxygens (including phenoxy) is 1. The van der Waals surface area contributed by atoms with Gasteiger partial charge in [0.25, 0.3) is 0 Å². The maximum atomic E-state index is 5.98. The highest BCUT2D eigenvalue weighted by Crippen LogP contribution is 2.31. The van der Waals surface area contributed by atoms with Gasteiger partial charge in [-0.05, 0) is 17.7 Å². The van der Waals surface area contributed by atoms with Gasteiger partial charge in [0.15, 0.2) is 0 Å². The smallest absolute Gasteiger partial charge is 0.0851 e. The minimum atomic E-state index is 0.288. The third-order valence-corrected chi connectivity index (χ3v) is 2.83. The summed E-state index contributed by atoms with van der Waals surface area (Å²) < 4.78 is 5.10. The molecule has 1 aliphatic rings. The summed E-state index contributed by atoms with van der Waals surface area (Å²) in [7, 11) is 0. The summed E-state index contributed by atoms with van der Waals surface area (Å²) in [6.45, 7) is 0.801. The molecular weight excluding hydrogens is 230 g/mol. The van der Waals surface area contributed by atoms with Crippen LogP contribution in [0.5, 0.6) is 0 Å². The first kappa shape index (κ1) is 9.60. The third-order valence-electron chi connectivity index (χ3n) is 1.94. The van der Waals surface area contributed by atoms with Crippen LogP contribution < -0.4 is 0 Å². The van der Waals surface area contributed by atoms with Crippen LogP contribution in [0.2, 0.25) is 15.1 Å². The highest BCUT2D eigenvalue weighted by atomic mass is 35.5. The lowest BCUT2D eigenvalue weighted by atomic mass is 10.1. The van der Waals surface area contributed by atoms with Gasteiger partial charge < -0.3 is 4.74 Å². The minimum Gasteiger partial charge on any atom is -0.373 e. The fourth-order valence-electron chi connectivity index (χ4n) is 1.18. The Labute approximate surface area is 91.5 Å². The van der Waals surface area contributed by atoms with Crippen molar-refractivity contribution in [3.8, 4) is 0 Å². The van der Waals surface area contributed by atoms with E-state index in [1.165, 1.54) is 0 Å². The standard InChI is InChI=1S/C9H7Cl3O/c10-5-1-8(11)7(9(12)2-5)3-6-4-13-6/h1-2,6H,3-4H2. The molecule has 0 aromatic heterocycles. The Hall–Kier alpha value is 0.0500. The van der Waals surface area contributed by atoms with E-state index in [-0.39, 0.29) is 6.10 Å². The average Bonchev–Trinajstić information content (AvgIpc) is 2.79. The SMILES string of the molecule is Clc1cc(Cl)c(CC2CO2)c(Cl)c1. The largest absolute Gasteiger partial charge is 0.373 e. The Morgan fingerprint density at radius 2 is 1.77 bits per heavy atom. The number of hydrogen-bond donors (Lipinski definition) is 0. The molecule has 0 N–H and O–H groups in total. The molecule has 1 fully saturated rings. The van der Waals surface area contributed by atoms with Gasteiger partial charge in [0, 0.05) is 21.5 Å². The molecule has 0 spiro atoms. The van der Waals surface area contributed by atoms with Gasteiger partial charge in [-0.15, -0.1) is 0 Å². The van der Waals surface area contributed by atoms with Crippen molar-refractivity contribution in [2.24, 2.45) is 0 Å². The summed E-state index contributed by atoms with van der Waals surface area (Å²) in [5.74, 6) is 0. The van der Waals surface area contributed by atoms with E-state index in [0.29, 0.717) is 15.1 Å². The Balaban J connectivity index is 2.31. The topological polar surface area (TPSA) is 12.5 Å². The molecule has 1 atom stereocenters. The summed E-state index contributed by atoms with van der Waals surface area (Å²) in [5.41, 5.74) is 0.926. The lowest BCUT2D eigenvalue weighted by Crippen LogP contribution is -1.95. The van der Waals surface area contributed by atoms with Crippen molar-refractivity contribution < 1.29 is 4.74 Å². The molecule has 13 heavy (non-hydrogen) atoms. The molecule has 1 aromatic rings. The minimum absolute atomic E-state index is 0.288. The normalized spacial score (nSPS) is 20.4. The van der Waals surface area contributed by atoms with Gasteiger partial charge in [-0.25, -0.2) is 0 Å². The van der Waals surface area contributed by atoms with E-state index in [4.69, 9.17) is 39.5 Å². The summed E-state index contributed by atoms with van der Waals surface area (Å²) in [5, 5.41) is 1.80. The van der Waals surface area contributed by atoms with Crippen LogP contribution >= 0.6 is 34.8 Å². The van der Waals surface area contributed by atoms with Crippen LogP contribution in [0, 0.1) is 0 Å². The van der Waals surface area contributed by atoms with E-state index in [1.54, 1.807) is 12.1 Å². The second-order valence-corrected chi connectivity index (χ2v) is 4.26. The van der Waals surface area contributed by atoms with Crippen molar-refractivity contribution in [3.63, 3.8) is 0 Å². The number of rotatable bonds is 2. The number of benzene rings is 1. The van der Waals surface area contributed by atoms with Crippen LogP contribution in [0.1, 0.15) is 5.56 Å². The van der Waals surface area contributed by atoms with Crippen molar-refractivity contribution in [1.82, 2.24) is 0 Å². The summed E-state index contributed by atoms with van der Waals surface area (Å²) in [6, 6.07) is 3.40. The van der Waals surface area contributed by atoms with E-state index in [2.05, 4.69) is 0 Å². The fraction of sp³-hybridized carbons (Fsp3) is 0.333. The Morgan fingerprint density at radius 3 is 2.23 bits per heavy atom. The lowest BCUT2D eigenvalue weighted by Gasteiger charge is -2.05. The molecule has 0 saturated carbocycles. The Bertz CT molecular complexity index is 311. The van der Waals surface area contributed by atoms with Crippen molar-refractivity contribution >= 4 is 34.8 Å². The van der Waals surface area contributed by atoms with Gasteiger partial charge in [-0.1, -0.05) is 34.8 Å². The van der Waals surface area contributed by atoms with Crippen molar-refractivity contribution in [2.75, 3.05) is 6.61 Å². The summed E-state index contributed by atoms with van der Waals surface area (Å²) in [4.78, 5) is 0. The van der Waals surface area contributed by atoms with E-state index >= 15 is 0 Å². The van der Waals surface area contributed by atoms with Crippen LogP contribution in [0.3, 0.4) is 0 Å². The van der Waals surface area contributed by atoms with Gasteiger partial charge in [-0.3, -0.25) is 0 Å². The Morgan fingerprint density at radius 1 is 1.23 bits per heavy atom. The van der Waals surface area contributed by atoms with Crippen LogP contribution in [0.4, 0.5) is 0 Å². The number of halogens is 3. The highest BCUT2D eigenvalue weighted by molar-refractivity contribution is 6.39. The molecule has 0 aliphatic carbocycles. The predicted molar refractivity (Wildman–Crippen MR) is 54.9 cm³/mol. The molecule has 1 nitrogen and oxygen atoms in total. The fourth-order valence-corrected chi connectivity index (χ4v) is 2.15. The number of epoxide rings is 1. The first-order chi connectivity index (χ1) is 6.16. The number of hydrogen-bond acceptors (Lipinski definition) is 1. The van der Waals surface area contributed by atoms with E-state index in [1.807, 2.05) is 0 Å². The molecule has 4 heteroatoms. The van der Waals surface area contributed by atoms with E-state index in [9.17, 15) is 0 Å². The zero-order chi connectivity index (χ0) is 9.42. The van der Waals surface area contributed by atoms with Crippen LogP contribution in [-0.2, 0) is 11.2 Å². The summed E-state index contributed by atoms with van der Waals surface area (Å²) in [6.07, 6.45) is 1.06. The molecule has 70 valence electrons. The average molecular weight is 238 g/mol. The van der Waals surface area contributed by atoms with Crippen molar-refractivity contribution in [2.45, 2.75) is 12.5 Å². The van der Waals surface area contributed by atoms with Crippen molar-refractivity contribution in [3.05, 3.63) is 32.8 Å².